The van der Waals surface area contributed by atoms with Crippen LogP contribution in [0.25, 0.3) is 11.1 Å². The van der Waals surface area contributed by atoms with Crippen LogP contribution < -0.4 is 4.74 Å². The third-order valence-electron chi connectivity index (χ3n) is 5.64. The molecule has 0 saturated carbocycles. The number of hydrogen-bond acceptors (Lipinski definition) is 5. The van der Waals surface area contributed by atoms with E-state index in [2.05, 4.69) is 0 Å². The fourth-order valence-corrected chi connectivity index (χ4v) is 5.60. The second-order valence-corrected chi connectivity index (χ2v) is 10.5. The topological polar surface area (TPSA) is 101 Å². The van der Waals surface area contributed by atoms with Crippen LogP contribution in [0.1, 0.15) is 22.3 Å². The second-order valence-electron chi connectivity index (χ2n) is 8.16. The molecule has 188 valence electrons. The van der Waals surface area contributed by atoms with Gasteiger partial charge in [0.2, 0.25) is 0 Å². The SMILES string of the molecule is O=C(O)COc1c(Cl)cc(C(=O)N2CCC2)cc1S(=O)(=O)Cc1cc(-c2ccccc2)c(F)cc1F. The number of carboxylic acid groups (broad SMARTS) is 1. The first kappa shape index (κ1) is 25.6. The van der Waals surface area contributed by atoms with Gasteiger partial charge in [-0.25, -0.2) is 22.0 Å². The van der Waals surface area contributed by atoms with Gasteiger partial charge in [-0.05, 0) is 30.2 Å². The molecule has 0 aliphatic carbocycles. The lowest BCUT2D eigenvalue weighted by molar-refractivity contribution is -0.139. The number of halogens is 3. The zero-order valence-corrected chi connectivity index (χ0v) is 20.3. The summed E-state index contributed by atoms with van der Waals surface area (Å²) >= 11 is 6.22. The van der Waals surface area contributed by atoms with E-state index in [1.54, 1.807) is 30.3 Å². The first-order valence-corrected chi connectivity index (χ1v) is 12.8. The molecule has 3 aromatic rings. The summed E-state index contributed by atoms with van der Waals surface area (Å²) in [6.07, 6.45) is 0.804. The third-order valence-corrected chi connectivity index (χ3v) is 7.59. The molecule has 0 aromatic heterocycles. The van der Waals surface area contributed by atoms with Crippen LogP contribution in [0, 0.1) is 11.6 Å². The van der Waals surface area contributed by atoms with Gasteiger partial charge in [0.15, 0.2) is 22.2 Å². The zero-order valence-electron chi connectivity index (χ0n) is 18.7. The zero-order chi connectivity index (χ0) is 26.0. The normalized spacial score (nSPS) is 13.2. The van der Waals surface area contributed by atoms with E-state index in [0.717, 1.165) is 18.6 Å². The molecule has 0 atom stereocenters. The first-order valence-electron chi connectivity index (χ1n) is 10.8. The van der Waals surface area contributed by atoms with Crippen molar-refractivity contribution in [2.24, 2.45) is 0 Å². The minimum Gasteiger partial charge on any atom is -0.479 e. The summed E-state index contributed by atoms with van der Waals surface area (Å²) < 4.78 is 61.3. The Morgan fingerprint density at radius 1 is 1.03 bits per heavy atom. The molecule has 1 fully saturated rings. The molecule has 1 amide bonds. The molecular weight excluding hydrogens is 516 g/mol. The molecule has 0 bridgehead atoms. The standard InChI is InChI=1S/C25H20ClF2NO6S/c26-19-10-16(25(32)29-7-4-8-29)11-22(24(19)35-13-23(30)31)36(33,34)14-17-9-18(21(28)12-20(17)27)15-5-2-1-3-6-15/h1-3,5-6,9-12H,4,7-8,13-14H2,(H,30,31). The van der Waals surface area contributed by atoms with Gasteiger partial charge in [-0.1, -0.05) is 41.9 Å². The summed E-state index contributed by atoms with van der Waals surface area (Å²) in [6.45, 7) is 0.0996. The van der Waals surface area contributed by atoms with Crippen LogP contribution >= 0.6 is 11.6 Å². The number of carbonyl (C=O) groups is 2. The van der Waals surface area contributed by atoms with Crippen LogP contribution in [0.5, 0.6) is 5.75 Å². The molecule has 1 N–H and O–H groups in total. The lowest BCUT2D eigenvalue weighted by Crippen LogP contribution is -2.42. The smallest absolute Gasteiger partial charge is 0.341 e. The summed E-state index contributed by atoms with van der Waals surface area (Å²) in [6, 6.07) is 12.2. The lowest BCUT2D eigenvalue weighted by Gasteiger charge is -2.31. The molecule has 1 heterocycles. The number of likely N-dealkylation sites (tertiary alicyclic amines) is 1. The Kier molecular flexibility index (Phi) is 7.28. The van der Waals surface area contributed by atoms with E-state index in [1.807, 2.05) is 0 Å². The number of nitrogens with zero attached hydrogens (tertiary/aromatic N) is 1. The van der Waals surface area contributed by atoms with Gasteiger partial charge in [0.05, 0.1) is 10.8 Å². The van der Waals surface area contributed by atoms with E-state index in [-0.39, 0.29) is 21.7 Å². The van der Waals surface area contributed by atoms with E-state index >= 15 is 0 Å². The third kappa shape index (κ3) is 5.34. The van der Waals surface area contributed by atoms with Crippen LogP contribution in [0.2, 0.25) is 5.02 Å². The molecule has 1 aliphatic heterocycles. The Hall–Kier alpha value is -3.50. The highest BCUT2D eigenvalue weighted by Gasteiger charge is 2.29. The van der Waals surface area contributed by atoms with Crippen molar-refractivity contribution in [2.45, 2.75) is 17.1 Å². The van der Waals surface area contributed by atoms with Crippen molar-refractivity contribution in [1.82, 2.24) is 4.90 Å². The van der Waals surface area contributed by atoms with Crippen LogP contribution in [-0.4, -0.2) is 50.0 Å². The molecule has 0 radical (unpaired) electrons. The number of ether oxygens (including phenoxy) is 1. The van der Waals surface area contributed by atoms with E-state index in [1.165, 1.54) is 11.0 Å². The van der Waals surface area contributed by atoms with Crippen LogP contribution in [0.15, 0.2) is 59.5 Å². The Balaban J connectivity index is 1.78. The predicted octanol–water partition coefficient (Wildman–Crippen LogP) is 4.57. The molecule has 0 spiro atoms. The molecule has 7 nitrogen and oxygen atoms in total. The van der Waals surface area contributed by atoms with Crippen LogP contribution in [0.3, 0.4) is 0 Å². The maximum Gasteiger partial charge on any atom is 0.341 e. The number of carboxylic acids is 1. The Bertz CT molecular complexity index is 1440. The summed E-state index contributed by atoms with van der Waals surface area (Å²) in [5.74, 6) is -5.17. The summed E-state index contributed by atoms with van der Waals surface area (Å²) in [5.41, 5.74) is 0.0640. The quantitative estimate of drug-likeness (QED) is 0.453. The maximum absolute atomic E-state index is 14.7. The van der Waals surface area contributed by atoms with Gasteiger partial charge in [-0.15, -0.1) is 0 Å². The van der Waals surface area contributed by atoms with Gasteiger partial charge < -0.3 is 14.7 Å². The monoisotopic (exact) mass is 535 g/mol. The number of amides is 1. The van der Waals surface area contributed by atoms with Gasteiger partial charge in [0.25, 0.3) is 5.91 Å². The van der Waals surface area contributed by atoms with Gasteiger partial charge in [0.1, 0.15) is 16.5 Å². The molecule has 3 aromatic carbocycles. The highest BCUT2D eigenvalue weighted by molar-refractivity contribution is 7.90. The minimum absolute atomic E-state index is 0.00398. The number of rotatable bonds is 8. The van der Waals surface area contributed by atoms with Crippen molar-refractivity contribution in [1.29, 1.82) is 0 Å². The molecule has 4 rings (SSSR count). The van der Waals surface area contributed by atoms with Crippen molar-refractivity contribution in [3.63, 3.8) is 0 Å². The molecule has 1 saturated heterocycles. The minimum atomic E-state index is -4.45. The van der Waals surface area contributed by atoms with E-state index in [9.17, 15) is 26.8 Å². The molecule has 11 heteroatoms. The van der Waals surface area contributed by atoms with E-state index in [4.69, 9.17) is 21.4 Å². The summed E-state index contributed by atoms with van der Waals surface area (Å²) in [4.78, 5) is 24.7. The predicted molar refractivity (Wildman–Crippen MR) is 128 cm³/mol. The summed E-state index contributed by atoms with van der Waals surface area (Å²) in [5, 5.41) is 8.70. The van der Waals surface area contributed by atoms with Crippen molar-refractivity contribution in [3.05, 3.63) is 82.4 Å². The number of benzene rings is 3. The first-order chi connectivity index (χ1) is 17.1. The van der Waals surface area contributed by atoms with Crippen molar-refractivity contribution < 1.29 is 36.6 Å². The summed E-state index contributed by atoms with van der Waals surface area (Å²) in [7, 11) is -4.45. The van der Waals surface area contributed by atoms with E-state index in [0.29, 0.717) is 24.7 Å². The van der Waals surface area contributed by atoms with Crippen LogP contribution in [-0.2, 0) is 20.4 Å². The van der Waals surface area contributed by atoms with Crippen molar-refractivity contribution in [3.8, 4) is 16.9 Å². The number of aliphatic carboxylic acids is 1. The van der Waals surface area contributed by atoms with Crippen molar-refractivity contribution in [2.75, 3.05) is 19.7 Å². The number of sulfone groups is 1. The average molecular weight is 536 g/mol. The number of hydrogen-bond donors (Lipinski definition) is 1. The largest absolute Gasteiger partial charge is 0.479 e. The maximum atomic E-state index is 14.7. The fraction of sp³-hybridized carbons (Fsp3) is 0.200. The van der Waals surface area contributed by atoms with Crippen LogP contribution in [0.4, 0.5) is 8.78 Å². The average Bonchev–Trinajstić information content (AvgIpc) is 2.78. The highest BCUT2D eigenvalue weighted by atomic mass is 35.5. The second kappa shape index (κ2) is 10.2. The fourth-order valence-electron chi connectivity index (χ4n) is 3.72. The number of carbonyl (C=O) groups excluding carboxylic acids is 1. The molecule has 36 heavy (non-hydrogen) atoms. The Morgan fingerprint density at radius 2 is 1.72 bits per heavy atom. The van der Waals surface area contributed by atoms with E-state index < -0.39 is 56.4 Å². The highest BCUT2D eigenvalue weighted by Crippen LogP contribution is 2.37. The Labute approximate surface area is 210 Å². The van der Waals surface area contributed by atoms with Gasteiger partial charge in [-0.2, -0.15) is 0 Å². The molecule has 0 unspecified atom stereocenters. The van der Waals surface area contributed by atoms with Gasteiger partial charge in [0, 0.05) is 35.8 Å². The molecular formula is C25H20ClF2NO6S. The molecule has 1 aliphatic rings. The lowest BCUT2D eigenvalue weighted by atomic mass is 10.0. The van der Waals surface area contributed by atoms with Gasteiger partial charge in [-0.3, -0.25) is 4.79 Å². The van der Waals surface area contributed by atoms with Gasteiger partial charge >= 0.3 is 5.97 Å². The Morgan fingerprint density at radius 3 is 2.33 bits per heavy atom. The van der Waals surface area contributed by atoms with Crippen molar-refractivity contribution >= 4 is 33.3 Å².